The SMILES string of the molecule is c1ccc(N2CCN(c3ccccc3)C2c2ccc3ccccc3c2)cc1. The first kappa shape index (κ1) is 16.0. The normalized spacial score (nSPS) is 14.8. The minimum atomic E-state index is 0.194. The van der Waals surface area contributed by atoms with Crippen molar-refractivity contribution < 1.29 is 0 Å². The van der Waals surface area contributed by atoms with Gasteiger partial charge in [-0.1, -0.05) is 72.8 Å². The molecule has 4 aromatic carbocycles. The van der Waals surface area contributed by atoms with Crippen molar-refractivity contribution in [1.82, 2.24) is 0 Å². The van der Waals surface area contributed by atoms with E-state index in [1.807, 2.05) is 0 Å². The second-order valence-corrected chi connectivity index (χ2v) is 7.04. The molecule has 27 heavy (non-hydrogen) atoms. The summed E-state index contributed by atoms with van der Waals surface area (Å²) in [4.78, 5) is 5.02. The fourth-order valence-electron chi connectivity index (χ4n) is 4.14. The zero-order valence-corrected chi connectivity index (χ0v) is 15.2. The topological polar surface area (TPSA) is 6.48 Å². The zero-order valence-electron chi connectivity index (χ0n) is 15.2. The monoisotopic (exact) mass is 350 g/mol. The van der Waals surface area contributed by atoms with Crippen molar-refractivity contribution in [3.63, 3.8) is 0 Å². The first-order valence-electron chi connectivity index (χ1n) is 9.52. The maximum Gasteiger partial charge on any atom is 0.128 e. The number of hydrogen-bond donors (Lipinski definition) is 0. The van der Waals surface area contributed by atoms with E-state index in [1.54, 1.807) is 0 Å². The summed E-state index contributed by atoms with van der Waals surface area (Å²) in [5, 5.41) is 2.58. The molecule has 0 unspecified atom stereocenters. The van der Waals surface area contributed by atoms with Crippen LogP contribution in [0.3, 0.4) is 0 Å². The van der Waals surface area contributed by atoms with E-state index in [4.69, 9.17) is 0 Å². The number of fused-ring (bicyclic) bond motifs is 1. The number of hydrogen-bond acceptors (Lipinski definition) is 2. The van der Waals surface area contributed by atoms with Gasteiger partial charge in [0, 0.05) is 24.5 Å². The smallest absolute Gasteiger partial charge is 0.128 e. The molecule has 0 saturated carbocycles. The van der Waals surface area contributed by atoms with E-state index in [0.29, 0.717) is 0 Å². The Morgan fingerprint density at radius 1 is 0.519 bits per heavy atom. The molecule has 1 saturated heterocycles. The van der Waals surface area contributed by atoms with Crippen molar-refractivity contribution in [3.8, 4) is 0 Å². The van der Waals surface area contributed by atoms with Crippen molar-refractivity contribution in [3.05, 3.63) is 109 Å². The lowest BCUT2D eigenvalue weighted by Crippen LogP contribution is -2.30. The largest absolute Gasteiger partial charge is 0.346 e. The molecular formula is C25H22N2. The van der Waals surface area contributed by atoms with E-state index in [9.17, 15) is 0 Å². The average Bonchev–Trinajstić information content (AvgIpc) is 3.20. The quantitative estimate of drug-likeness (QED) is 0.456. The van der Waals surface area contributed by atoms with Crippen LogP contribution in [0.5, 0.6) is 0 Å². The Labute approximate surface area is 160 Å². The molecule has 1 aliphatic heterocycles. The van der Waals surface area contributed by atoms with Crippen LogP contribution in [0.15, 0.2) is 103 Å². The molecule has 5 rings (SSSR count). The van der Waals surface area contributed by atoms with Crippen LogP contribution in [-0.4, -0.2) is 13.1 Å². The molecular weight excluding hydrogens is 328 g/mol. The molecule has 2 heteroatoms. The van der Waals surface area contributed by atoms with Crippen LogP contribution in [0, 0.1) is 0 Å². The zero-order chi connectivity index (χ0) is 18.1. The van der Waals surface area contributed by atoms with Crippen molar-refractivity contribution in [1.29, 1.82) is 0 Å². The average molecular weight is 350 g/mol. The van der Waals surface area contributed by atoms with Gasteiger partial charge in [0.2, 0.25) is 0 Å². The highest BCUT2D eigenvalue weighted by molar-refractivity contribution is 5.83. The Morgan fingerprint density at radius 2 is 1.04 bits per heavy atom. The van der Waals surface area contributed by atoms with E-state index >= 15 is 0 Å². The van der Waals surface area contributed by atoms with Crippen LogP contribution in [-0.2, 0) is 0 Å². The van der Waals surface area contributed by atoms with Crippen molar-refractivity contribution in [2.75, 3.05) is 22.9 Å². The van der Waals surface area contributed by atoms with Gasteiger partial charge in [0.25, 0.3) is 0 Å². The fourth-order valence-corrected chi connectivity index (χ4v) is 4.14. The Kier molecular flexibility index (Phi) is 4.02. The van der Waals surface area contributed by atoms with Crippen LogP contribution in [0.2, 0.25) is 0 Å². The Morgan fingerprint density at radius 3 is 1.63 bits per heavy atom. The summed E-state index contributed by atoms with van der Waals surface area (Å²) in [5.74, 6) is 0. The molecule has 0 atom stereocenters. The molecule has 0 N–H and O–H groups in total. The molecule has 132 valence electrons. The second kappa shape index (κ2) is 6.81. The van der Waals surface area contributed by atoms with E-state index in [2.05, 4.69) is 113 Å². The van der Waals surface area contributed by atoms with Crippen molar-refractivity contribution in [2.45, 2.75) is 6.17 Å². The highest BCUT2D eigenvalue weighted by atomic mass is 15.4. The molecule has 0 radical (unpaired) electrons. The molecule has 1 heterocycles. The lowest BCUT2D eigenvalue weighted by Gasteiger charge is -2.33. The molecule has 0 spiro atoms. The number of nitrogens with zero attached hydrogens (tertiary/aromatic N) is 2. The summed E-state index contributed by atoms with van der Waals surface area (Å²) in [7, 11) is 0. The van der Waals surface area contributed by atoms with Crippen LogP contribution in [0.25, 0.3) is 10.8 Å². The van der Waals surface area contributed by atoms with Gasteiger partial charge in [0.1, 0.15) is 6.17 Å². The van der Waals surface area contributed by atoms with Gasteiger partial charge in [-0.25, -0.2) is 0 Å². The second-order valence-electron chi connectivity index (χ2n) is 7.04. The van der Waals surface area contributed by atoms with Gasteiger partial charge in [-0.3, -0.25) is 0 Å². The molecule has 2 nitrogen and oxygen atoms in total. The summed E-state index contributed by atoms with van der Waals surface area (Å²) in [5.41, 5.74) is 3.88. The van der Waals surface area contributed by atoms with Crippen molar-refractivity contribution in [2.24, 2.45) is 0 Å². The van der Waals surface area contributed by atoms with Gasteiger partial charge in [-0.15, -0.1) is 0 Å². The first-order valence-corrected chi connectivity index (χ1v) is 9.52. The molecule has 0 aliphatic carbocycles. The van der Waals surface area contributed by atoms with Gasteiger partial charge >= 0.3 is 0 Å². The number of benzene rings is 4. The third kappa shape index (κ3) is 2.93. The maximum absolute atomic E-state index is 2.51. The summed E-state index contributed by atoms with van der Waals surface area (Å²) >= 11 is 0. The Bertz CT molecular complexity index is 996. The number of anilines is 2. The molecule has 0 bridgehead atoms. The van der Waals surface area contributed by atoms with Crippen molar-refractivity contribution >= 4 is 22.1 Å². The highest BCUT2D eigenvalue weighted by Gasteiger charge is 2.33. The van der Waals surface area contributed by atoms with Gasteiger partial charge < -0.3 is 9.80 Å². The number of rotatable bonds is 3. The maximum atomic E-state index is 2.51. The predicted molar refractivity (Wildman–Crippen MR) is 114 cm³/mol. The van der Waals surface area contributed by atoms with Gasteiger partial charge in [-0.05, 0) is 46.7 Å². The highest BCUT2D eigenvalue weighted by Crippen LogP contribution is 2.38. The van der Waals surface area contributed by atoms with E-state index in [1.165, 1.54) is 27.7 Å². The minimum Gasteiger partial charge on any atom is -0.346 e. The third-order valence-corrected chi connectivity index (χ3v) is 5.42. The van der Waals surface area contributed by atoms with E-state index in [0.717, 1.165) is 13.1 Å². The Hall–Kier alpha value is -3.26. The fraction of sp³-hybridized carbons (Fsp3) is 0.120. The summed E-state index contributed by atoms with van der Waals surface area (Å²) in [6.45, 7) is 2.02. The molecule has 0 aromatic heterocycles. The lowest BCUT2D eigenvalue weighted by molar-refractivity contribution is 0.718. The van der Waals surface area contributed by atoms with Gasteiger partial charge in [0.15, 0.2) is 0 Å². The minimum absolute atomic E-state index is 0.194. The standard InChI is InChI=1S/C25H22N2/c1-3-11-23(12-4-1)26-17-18-27(24-13-5-2-6-14-24)25(26)22-16-15-20-9-7-8-10-21(20)19-22/h1-16,19,25H,17-18H2. The van der Waals surface area contributed by atoms with Crippen LogP contribution < -0.4 is 9.80 Å². The summed E-state index contributed by atoms with van der Waals surface area (Å²) < 4.78 is 0. The molecule has 1 fully saturated rings. The van der Waals surface area contributed by atoms with Crippen LogP contribution >= 0.6 is 0 Å². The van der Waals surface area contributed by atoms with Crippen LogP contribution in [0.1, 0.15) is 11.7 Å². The predicted octanol–water partition coefficient (Wildman–Crippen LogP) is 5.87. The van der Waals surface area contributed by atoms with Gasteiger partial charge in [-0.2, -0.15) is 0 Å². The lowest BCUT2D eigenvalue weighted by atomic mass is 10.0. The molecule has 4 aromatic rings. The van der Waals surface area contributed by atoms with E-state index in [-0.39, 0.29) is 6.17 Å². The first-order chi connectivity index (χ1) is 13.4. The molecule has 1 aliphatic rings. The summed E-state index contributed by atoms with van der Waals surface area (Å²) in [6.07, 6.45) is 0.194. The number of para-hydroxylation sites is 2. The Balaban J connectivity index is 1.63. The molecule has 0 amide bonds. The van der Waals surface area contributed by atoms with Crippen LogP contribution in [0.4, 0.5) is 11.4 Å². The van der Waals surface area contributed by atoms with E-state index < -0.39 is 0 Å². The third-order valence-electron chi connectivity index (χ3n) is 5.42. The van der Waals surface area contributed by atoms with Gasteiger partial charge in [0.05, 0.1) is 0 Å². The summed E-state index contributed by atoms with van der Waals surface area (Å²) in [6, 6.07) is 37.0.